The lowest BCUT2D eigenvalue weighted by Crippen LogP contribution is -2.13. The van der Waals surface area contributed by atoms with Crippen molar-refractivity contribution in [3.05, 3.63) is 24.0 Å². The van der Waals surface area contributed by atoms with E-state index < -0.39 is 10.0 Å². The lowest BCUT2D eigenvalue weighted by atomic mass is 10.3. The van der Waals surface area contributed by atoms with Crippen LogP contribution in [0.3, 0.4) is 0 Å². The molecule has 0 spiro atoms. The first kappa shape index (κ1) is 10.7. The highest BCUT2D eigenvalue weighted by atomic mass is 32.2. The summed E-state index contributed by atoms with van der Waals surface area (Å²) in [6, 6.07) is 3.02. The van der Waals surface area contributed by atoms with Gasteiger partial charge in [0, 0.05) is 11.8 Å². The van der Waals surface area contributed by atoms with E-state index in [0.29, 0.717) is 0 Å². The molecule has 0 radical (unpaired) electrons. The predicted molar refractivity (Wildman–Crippen MR) is 57.4 cm³/mol. The van der Waals surface area contributed by atoms with E-state index in [9.17, 15) is 8.42 Å². The fourth-order valence-electron chi connectivity index (χ4n) is 1.18. The molecule has 7 nitrogen and oxygen atoms in total. The minimum absolute atomic E-state index is 0.00792. The van der Waals surface area contributed by atoms with E-state index in [1.54, 1.807) is 6.07 Å². The number of sulfonamides is 1. The van der Waals surface area contributed by atoms with Crippen LogP contribution in [0.2, 0.25) is 0 Å². The van der Waals surface area contributed by atoms with Crippen LogP contribution in [-0.2, 0) is 16.4 Å². The molecule has 0 amide bonds. The fraction of sp³-hybridized carbons (Fsp3) is 0.250. The number of hydrogen-bond donors (Lipinski definition) is 3. The molecule has 2 aromatic heterocycles. The first-order valence-corrected chi connectivity index (χ1v) is 6.16. The van der Waals surface area contributed by atoms with Gasteiger partial charge in [0.05, 0.1) is 6.20 Å². The Balaban J connectivity index is 2.21. The molecule has 0 bridgehead atoms. The molecule has 16 heavy (non-hydrogen) atoms. The molecule has 86 valence electrons. The average molecular weight is 241 g/mol. The van der Waals surface area contributed by atoms with E-state index in [2.05, 4.69) is 25.1 Å². The Labute approximate surface area is 92.3 Å². The quantitative estimate of drug-likeness (QED) is 0.724. The largest absolute Gasteiger partial charge is 0.280 e. The van der Waals surface area contributed by atoms with Crippen LogP contribution in [0.5, 0.6) is 0 Å². The number of aryl methyl sites for hydroxylation is 1. The van der Waals surface area contributed by atoms with Gasteiger partial charge in [0.25, 0.3) is 10.0 Å². The van der Waals surface area contributed by atoms with E-state index in [1.165, 1.54) is 12.3 Å². The van der Waals surface area contributed by atoms with Crippen molar-refractivity contribution in [2.75, 3.05) is 4.72 Å². The van der Waals surface area contributed by atoms with Crippen molar-refractivity contribution >= 4 is 15.8 Å². The van der Waals surface area contributed by atoms with E-state index in [1.807, 2.05) is 6.92 Å². The van der Waals surface area contributed by atoms with Crippen LogP contribution in [0.1, 0.15) is 12.6 Å². The third-order valence-corrected chi connectivity index (χ3v) is 3.30. The van der Waals surface area contributed by atoms with E-state index >= 15 is 0 Å². The Morgan fingerprint density at radius 1 is 1.44 bits per heavy atom. The van der Waals surface area contributed by atoms with Gasteiger partial charge >= 0.3 is 0 Å². The number of rotatable bonds is 4. The van der Waals surface area contributed by atoms with E-state index in [4.69, 9.17) is 0 Å². The van der Waals surface area contributed by atoms with Crippen LogP contribution >= 0.6 is 0 Å². The summed E-state index contributed by atoms with van der Waals surface area (Å²) < 4.78 is 25.8. The predicted octanol–water partition coefficient (Wildman–Crippen LogP) is 0.496. The molecule has 0 unspecified atom stereocenters. The van der Waals surface area contributed by atoms with Crippen LogP contribution in [0.4, 0.5) is 5.82 Å². The van der Waals surface area contributed by atoms with E-state index in [0.717, 1.165) is 12.1 Å². The molecular weight excluding hydrogens is 230 g/mol. The average Bonchev–Trinajstić information content (AvgIpc) is 2.86. The van der Waals surface area contributed by atoms with Crippen molar-refractivity contribution in [1.29, 1.82) is 0 Å². The first-order valence-electron chi connectivity index (χ1n) is 4.68. The maximum absolute atomic E-state index is 11.7. The third-order valence-electron chi connectivity index (χ3n) is 2.02. The minimum atomic E-state index is -3.62. The zero-order chi connectivity index (χ0) is 11.6. The molecule has 2 heterocycles. The van der Waals surface area contributed by atoms with Crippen molar-refractivity contribution < 1.29 is 8.42 Å². The Kier molecular flexibility index (Phi) is 2.65. The SMILES string of the molecule is CCc1cc(NS(=O)(=O)c2ccn[nH]2)n[nH]1. The second kappa shape index (κ2) is 3.97. The van der Waals surface area contributed by atoms with Crippen LogP contribution in [0.15, 0.2) is 23.4 Å². The third kappa shape index (κ3) is 2.06. The van der Waals surface area contributed by atoms with Crippen LogP contribution in [0.25, 0.3) is 0 Å². The maximum atomic E-state index is 11.7. The monoisotopic (exact) mass is 241 g/mol. The minimum Gasteiger partial charge on any atom is -0.280 e. The highest BCUT2D eigenvalue weighted by molar-refractivity contribution is 7.92. The van der Waals surface area contributed by atoms with Crippen molar-refractivity contribution in [3.8, 4) is 0 Å². The molecule has 0 aliphatic heterocycles. The molecule has 0 aromatic carbocycles. The summed E-state index contributed by atoms with van der Waals surface area (Å²) in [6.07, 6.45) is 2.13. The van der Waals surface area contributed by atoms with Gasteiger partial charge < -0.3 is 0 Å². The molecule has 0 aliphatic carbocycles. The Bertz CT molecular complexity index is 557. The number of aromatic nitrogens is 4. The van der Waals surface area contributed by atoms with Crippen LogP contribution in [0, 0.1) is 0 Å². The molecule has 8 heteroatoms. The molecule has 0 saturated carbocycles. The van der Waals surface area contributed by atoms with Gasteiger partial charge in [-0.25, -0.2) is 0 Å². The second-order valence-electron chi connectivity index (χ2n) is 3.16. The summed E-state index contributed by atoms with van der Waals surface area (Å²) in [7, 11) is -3.62. The number of anilines is 1. The topological polar surface area (TPSA) is 104 Å². The fourth-order valence-corrected chi connectivity index (χ4v) is 2.08. The highest BCUT2D eigenvalue weighted by Crippen LogP contribution is 2.12. The van der Waals surface area contributed by atoms with Gasteiger partial charge in [0.1, 0.15) is 0 Å². The summed E-state index contributed by atoms with van der Waals surface area (Å²) in [5.41, 5.74) is 0.863. The molecule has 0 saturated heterocycles. The van der Waals surface area contributed by atoms with Crippen molar-refractivity contribution in [1.82, 2.24) is 20.4 Å². The Hall–Kier alpha value is -1.83. The standard InChI is InChI=1S/C8H11N5O2S/c1-2-6-5-7(11-10-6)13-16(14,15)8-3-4-9-12-8/h3-5H,2H2,1H3,(H,9,12)(H2,10,11,13). The number of H-pyrrole nitrogens is 2. The number of nitrogens with zero attached hydrogens (tertiary/aromatic N) is 2. The smallest absolute Gasteiger partial charge is 0.280 e. The summed E-state index contributed by atoms with van der Waals surface area (Å²) in [5, 5.41) is 12.5. The Morgan fingerprint density at radius 2 is 2.25 bits per heavy atom. The normalized spacial score (nSPS) is 11.6. The molecule has 3 N–H and O–H groups in total. The number of nitrogens with one attached hydrogen (secondary N) is 3. The van der Waals surface area contributed by atoms with Crippen molar-refractivity contribution in [2.24, 2.45) is 0 Å². The molecule has 0 fully saturated rings. The molecular formula is C8H11N5O2S. The van der Waals surface area contributed by atoms with Crippen molar-refractivity contribution in [2.45, 2.75) is 18.4 Å². The van der Waals surface area contributed by atoms with Gasteiger partial charge in [-0.05, 0) is 12.5 Å². The van der Waals surface area contributed by atoms with Gasteiger partial charge in [0.15, 0.2) is 10.8 Å². The number of aromatic amines is 2. The zero-order valence-electron chi connectivity index (χ0n) is 8.56. The maximum Gasteiger partial charge on any atom is 0.280 e. The van der Waals surface area contributed by atoms with Crippen molar-refractivity contribution in [3.63, 3.8) is 0 Å². The van der Waals surface area contributed by atoms with E-state index in [-0.39, 0.29) is 10.8 Å². The lowest BCUT2D eigenvalue weighted by molar-refractivity contribution is 0.597. The molecule has 0 atom stereocenters. The summed E-state index contributed by atoms with van der Waals surface area (Å²) in [4.78, 5) is 0. The van der Waals surface area contributed by atoms with Crippen LogP contribution < -0.4 is 4.72 Å². The highest BCUT2D eigenvalue weighted by Gasteiger charge is 2.16. The molecule has 2 aromatic rings. The van der Waals surface area contributed by atoms with Gasteiger partial charge in [-0.2, -0.15) is 18.6 Å². The van der Waals surface area contributed by atoms with Gasteiger partial charge in [0.2, 0.25) is 0 Å². The first-order chi connectivity index (χ1) is 7.62. The summed E-state index contributed by atoms with van der Waals surface area (Å²) >= 11 is 0. The molecule has 2 rings (SSSR count). The lowest BCUT2D eigenvalue weighted by Gasteiger charge is -2.01. The van der Waals surface area contributed by atoms with Crippen LogP contribution in [-0.4, -0.2) is 28.8 Å². The zero-order valence-corrected chi connectivity index (χ0v) is 9.37. The second-order valence-corrected chi connectivity index (χ2v) is 4.81. The Morgan fingerprint density at radius 3 is 2.81 bits per heavy atom. The van der Waals surface area contributed by atoms with Gasteiger partial charge in [-0.3, -0.25) is 14.9 Å². The van der Waals surface area contributed by atoms with Gasteiger partial charge in [-0.15, -0.1) is 0 Å². The summed E-state index contributed by atoms with van der Waals surface area (Å²) in [6.45, 7) is 1.95. The van der Waals surface area contributed by atoms with Gasteiger partial charge in [-0.1, -0.05) is 6.92 Å². The molecule has 0 aliphatic rings. The number of hydrogen-bond acceptors (Lipinski definition) is 4. The summed E-state index contributed by atoms with van der Waals surface area (Å²) in [5.74, 6) is 0.270.